The smallest absolute Gasteiger partial charge is 0.266 e. The van der Waals surface area contributed by atoms with Crippen molar-refractivity contribution in [2.45, 2.75) is 0 Å². The van der Waals surface area contributed by atoms with Gasteiger partial charge >= 0.3 is 0 Å². The van der Waals surface area contributed by atoms with Crippen LogP contribution in [0.1, 0.15) is 0 Å². The molecule has 0 aliphatic carbocycles. The normalized spacial score (nSPS) is 10.4. The number of hydrogen-bond acceptors (Lipinski definition) is 4. The molecule has 0 unspecified atom stereocenters. The summed E-state index contributed by atoms with van der Waals surface area (Å²) in [6.07, 6.45) is 0. The number of hydrogen-bond donors (Lipinski definition) is 0. The number of thiophene rings is 1. The molecule has 2 rings (SSSR count). The quantitative estimate of drug-likeness (QED) is 0.601. The molecule has 0 radical (unpaired) electrons. The van der Waals surface area contributed by atoms with Crippen LogP contribution in [-0.4, -0.2) is 4.98 Å². The summed E-state index contributed by atoms with van der Waals surface area (Å²) >= 11 is 2.95. The van der Waals surface area contributed by atoms with Crippen LogP contribution in [0.3, 0.4) is 0 Å². The van der Waals surface area contributed by atoms with E-state index in [-0.39, 0.29) is 5.56 Å². The van der Waals surface area contributed by atoms with Crippen molar-refractivity contribution in [3.63, 3.8) is 0 Å². The topological polar surface area (TPSA) is 30.0 Å². The summed E-state index contributed by atoms with van der Waals surface area (Å²) in [6, 6.07) is 1.94. The molecule has 2 aromatic heterocycles. The van der Waals surface area contributed by atoms with E-state index in [0.29, 0.717) is 0 Å². The number of rotatable bonds is 0. The number of aromatic nitrogens is 1. The van der Waals surface area contributed by atoms with Crippen molar-refractivity contribution < 1.29 is 0 Å². The van der Waals surface area contributed by atoms with Crippen LogP contribution < -0.4 is 5.56 Å². The van der Waals surface area contributed by atoms with E-state index in [4.69, 9.17) is 0 Å². The molecule has 2 aromatic rings. The van der Waals surface area contributed by atoms with Crippen LogP contribution in [0.25, 0.3) is 9.40 Å². The molecule has 4 heteroatoms. The van der Waals surface area contributed by atoms with Crippen LogP contribution in [0.5, 0.6) is 0 Å². The van der Waals surface area contributed by atoms with Crippen LogP contribution in [-0.2, 0) is 0 Å². The molecule has 0 aliphatic heterocycles. The van der Waals surface area contributed by atoms with E-state index in [9.17, 15) is 4.79 Å². The van der Waals surface area contributed by atoms with Gasteiger partial charge in [-0.25, -0.2) is 4.98 Å². The molecule has 0 aromatic carbocycles. The Morgan fingerprint density at radius 3 is 3.10 bits per heavy atom. The molecule has 0 spiro atoms. The van der Waals surface area contributed by atoms with Gasteiger partial charge in [0.05, 0.1) is 10.2 Å². The first kappa shape index (κ1) is 6.00. The van der Waals surface area contributed by atoms with Crippen molar-refractivity contribution >= 4 is 32.1 Å². The Morgan fingerprint density at radius 2 is 2.30 bits per heavy atom. The highest BCUT2D eigenvalue weighted by atomic mass is 32.1. The Balaban J connectivity index is 3.09. The summed E-state index contributed by atoms with van der Waals surface area (Å²) in [7, 11) is 0. The van der Waals surface area contributed by atoms with Crippen molar-refractivity contribution in [2.24, 2.45) is 0 Å². The molecule has 2 nitrogen and oxygen atoms in total. The third kappa shape index (κ3) is 0.767. The van der Waals surface area contributed by atoms with Gasteiger partial charge in [0.1, 0.15) is 4.70 Å². The van der Waals surface area contributed by atoms with E-state index in [2.05, 4.69) is 4.98 Å². The molecule has 50 valence electrons. The summed E-state index contributed by atoms with van der Waals surface area (Å²) in [5, 5.41) is 1.91. The number of nitrogens with zero attached hydrogens (tertiary/aromatic N) is 1. The highest BCUT2D eigenvalue weighted by Gasteiger charge is 1.97. The van der Waals surface area contributed by atoms with Gasteiger partial charge in [0, 0.05) is 0 Å². The van der Waals surface area contributed by atoms with Crippen molar-refractivity contribution in [1.82, 2.24) is 4.98 Å². The average Bonchev–Trinajstić information content (AvgIpc) is 2.36. The van der Waals surface area contributed by atoms with Gasteiger partial charge in [0.2, 0.25) is 0 Å². The predicted octanol–water partition coefficient (Wildman–Crippen LogP) is 1.72. The van der Waals surface area contributed by atoms with Crippen LogP contribution in [0.15, 0.2) is 21.8 Å². The molecule has 0 amide bonds. The fraction of sp³-hybridized carbons (Fsp3) is 0. The molecule has 0 N–H and O–H groups in total. The second kappa shape index (κ2) is 2.14. The van der Waals surface area contributed by atoms with Gasteiger partial charge < -0.3 is 0 Å². The fourth-order valence-electron chi connectivity index (χ4n) is 0.736. The molecule has 10 heavy (non-hydrogen) atoms. The van der Waals surface area contributed by atoms with Gasteiger partial charge in [0.25, 0.3) is 5.56 Å². The zero-order valence-corrected chi connectivity index (χ0v) is 6.54. The van der Waals surface area contributed by atoms with Crippen LogP contribution in [0.4, 0.5) is 0 Å². The molecule has 0 bridgehead atoms. The summed E-state index contributed by atoms with van der Waals surface area (Å²) in [5.41, 5.74) is 1.47. The van der Waals surface area contributed by atoms with Gasteiger partial charge in [-0.1, -0.05) is 0 Å². The minimum atomic E-state index is -0.108. The molecule has 0 saturated heterocycles. The summed E-state index contributed by atoms with van der Waals surface area (Å²) in [4.78, 5) is 14.6. The highest BCUT2D eigenvalue weighted by Crippen LogP contribution is 2.18. The minimum absolute atomic E-state index is 0.108. The van der Waals surface area contributed by atoms with Gasteiger partial charge in [0.15, 0.2) is 0 Å². The van der Waals surface area contributed by atoms with Gasteiger partial charge in [-0.05, 0) is 11.4 Å². The van der Waals surface area contributed by atoms with Crippen molar-refractivity contribution in [3.05, 3.63) is 27.3 Å². The first-order valence-corrected chi connectivity index (χ1v) is 4.45. The first-order valence-electron chi connectivity index (χ1n) is 2.69. The van der Waals surface area contributed by atoms with E-state index in [1.165, 1.54) is 22.7 Å². The lowest BCUT2D eigenvalue weighted by molar-refractivity contribution is 1.32. The van der Waals surface area contributed by atoms with Crippen LogP contribution in [0.2, 0.25) is 0 Å². The van der Waals surface area contributed by atoms with E-state index >= 15 is 0 Å². The van der Waals surface area contributed by atoms with Crippen molar-refractivity contribution in [3.8, 4) is 0 Å². The fourth-order valence-corrected chi connectivity index (χ4v) is 2.39. The standard InChI is InChI=1S/C6H3NOS2/c8-6-5-4(1-2-9-5)10-3-7-6/h1-3H. The van der Waals surface area contributed by atoms with Crippen LogP contribution >= 0.6 is 22.7 Å². The lowest BCUT2D eigenvalue weighted by Gasteiger charge is -1.80. The van der Waals surface area contributed by atoms with Crippen molar-refractivity contribution in [1.29, 1.82) is 0 Å². The third-order valence-corrected chi connectivity index (χ3v) is 3.01. The lowest BCUT2D eigenvalue weighted by atomic mass is 10.5. The largest absolute Gasteiger partial charge is 0.289 e. The molecule has 0 fully saturated rings. The monoisotopic (exact) mass is 169 g/mol. The average molecular weight is 169 g/mol. The van der Waals surface area contributed by atoms with E-state index in [1.54, 1.807) is 5.51 Å². The maximum atomic E-state index is 10.9. The van der Waals surface area contributed by atoms with Crippen molar-refractivity contribution in [2.75, 3.05) is 0 Å². The summed E-state index contributed by atoms with van der Waals surface area (Å²) in [6.45, 7) is 0. The van der Waals surface area contributed by atoms with Gasteiger partial charge in [-0.3, -0.25) is 4.79 Å². The van der Waals surface area contributed by atoms with Crippen LogP contribution in [0, 0.1) is 0 Å². The zero-order valence-electron chi connectivity index (χ0n) is 4.90. The molecule has 0 atom stereocenters. The summed E-state index contributed by atoms with van der Waals surface area (Å²) < 4.78 is 1.80. The summed E-state index contributed by atoms with van der Waals surface area (Å²) in [5.74, 6) is 0. The second-order valence-electron chi connectivity index (χ2n) is 1.77. The molecular formula is C6H3NOS2. The SMILES string of the molecule is O=c1ncsc2ccsc12. The predicted molar refractivity (Wildman–Crippen MR) is 43.8 cm³/mol. The highest BCUT2D eigenvalue weighted by molar-refractivity contribution is 7.24. The Bertz CT molecular complexity index is 403. The maximum Gasteiger partial charge on any atom is 0.289 e. The molecular weight excluding hydrogens is 166 g/mol. The Labute approximate surface area is 64.8 Å². The number of fused-ring (bicyclic) bond motifs is 1. The molecule has 0 saturated carbocycles. The maximum absolute atomic E-state index is 10.9. The van der Waals surface area contributed by atoms with E-state index in [0.717, 1.165) is 9.40 Å². The van der Waals surface area contributed by atoms with Gasteiger partial charge in [-0.15, -0.1) is 22.7 Å². The Kier molecular flexibility index (Phi) is 1.28. The first-order chi connectivity index (χ1) is 4.88. The minimum Gasteiger partial charge on any atom is -0.266 e. The zero-order chi connectivity index (χ0) is 6.97. The lowest BCUT2D eigenvalue weighted by Crippen LogP contribution is -2.00. The van der Waals surface area contributed by atoms with E-state index < -0.39 is 0 Å². The van der Waals surface area contributed by atoms with E-state index in [1.807, 2.05) is 11.4 Å². The molecule has 0 aliphatic rings. The third-order valence-electron chi connectivity index (χ3n) is 1.17. The Morgan fingerprint density at radius 1 is 1.40 bits per heavy atom. The van der Waals surface area contributed by atoms with Gasteiger partial charge in [-0.2, -0.15) is 0 Å². The Hall–Kier alpha value is -0.740. The molecule has 2 heterocycles. The second-order valence-corrected chi connectivity index (χ2v) is 3.57.